The van der Waals surface area contributed by atoms with Crippen LogP contribution in [0.1, 0.15) is 42.4 Å². The molecule has 1 N–H and O–H groups in total. The van der Waals surface area contributed by atoms with Gasteiger partial charge >= 0.3 is 0 Å². The molecule has 0 radical (unpaired) electrons. The van der Waals surface area contributed by atoms with E-state index in [4.69, 9.17) is 4.74 Å². The minimum atomic E-state index is -0.0990. The van der Waals surface area contributed by atoms with Crippen molar-refractivity contribution < 1.29 is 9.53 Å². The van der Waals surface area contributed by atoms with Gasteiger partial charge in [0.1, 0.15) is 5.75 Å². The molecule has 2 rings (SSSR count). The Bertz CT molecular complexity index is 626. The summed E-state index contributed by atoms with van der Waals surface area (Å²) in [6, 6.07) is 11.4. The molecule has 0 spiro atoms. The molecular formula is C18H22N2O2. The molecule has 0 aliphatic rings. The number of hydrogen-bond donors (Lipinski definition) is 1. The lowest BCUT2D eigenvalue weighted by Crippen LogP contribution is -2.23. The Morgan fingerprint density at radius 3 is 2.32 bits per heavy atom. The van der Waals surface area contributed by atoms with Crippen LogP contribution in [-0.2, 0) is 12.0 Å². The molecule has 2 aromatic rings. The first-order valence-electron chi connectivity index (χ1n) is 7.28. The zero-order chi connectivity index (χ0) is 16.2. The van der Waals surface area contributed by atoms with E-state index in [2.05, 4.69) is 31.1 Å². The number of nitrogens with one attached hydrogen (secondary N) is 1. The molecule has 1 aromatic heterocycles. The van der Waals surface area contributed by atoms with Crippen molar-refractivity contribution in [2.45, 2.75) is 32.7 Å². The molecule has 1 aromatic carbocycles. The molecular weight excluding hydrogens is 276 g/mol. The minimum Gasteiger partial charge on any atom is -0.495 e. The number of carbonyl (C=O) groups excluding carboxylic acids is 1. The Morgan fingerprint density at radius 1 is 1.14 bits per heavy atom. The van der Waals surface area contributed by atoms with Gasteiger partial charge in [-0.25, -0.2) is 0 Å². The van der Waals surface area contributed by atoms with E-state index in [0.29, 0.717) is 17.9 Å². The van der Waals surface area contributed by atoms with Gasteiger partial charge in [0.15, 0.2) is 0 Å². The SMILES string of the molecule is COc1ccc(CNC(=O)c2ccc(C(C)(C)C)cc2)nc1. The highest BCUT2D eigenvalue weighted by molar-refractivity contribution is 5.94. The van der Waals surface area contributed by atoms with Crippen molar-refractivity contribution in [3.8, 4) is 5.75 Å². The van der Waals surface area contributed by atoms with Gasteiger partial charge in [-0.3, -0.25) is 9.78 Å². The van der Waals surface area contributed by atoms with E-state index in [1.54, 1.807) is 13.3 Å². The number of hydrogen-bond acceptors (Lipinski definition) is 3. The topological polar surface area (TPSA) is 51.2 Å². The Hall–Kier alpha value is -2.36. The van der Waals surface area contributed by atoms with Gasteiger partial charge in [0.25, 0.3) is 5.91 Å². The summed E-state index contributed by atoms with van der Waals surface area (Å²) in [5.74, 6) is 0.603. The summed E-state index contributed by atoms with van der Waals surface area (Å²) in [6.45, 7) is 6.84. The molecule has 4 heteroatoms. The molecule has 0 fully saturated rings. The van der Waals surface area contributed by atoms with Crippen LogP contribution in [0.15, 0.2) is 42.6 Å². The van der Waals surface area contributed by atoms with Gasteiger partial charge in [0.2, 0.25) is 0 Å². The van der Waals surface area contributed by atoms with Crippen LogP contribution in [-0.4, -0.2) is 18.0 Å². The fraction of sp³-hybridized carbons (Fsp3) is 0.333. The average Bonchev–Trinajstić information content (AvgIpc) is 2.52. The third kappa shape index (κ3) is 4.07. The molecule has 22 heavy (non-hydrogen) atoms. The second-order valence-electron chi connectivity index (χ2n) is 6.20. The van der Waals surface area contributed by atoms with Crippen LogP contribution in [0.2, 0.25) is 0 Å². The number of rotatable bonds is 4. The van der Waals surface area contributed by atoms with Crippen molar-refractivity contribution in [1.82, 2.24) is 10.3 Å². The first-order valence-corrected chi connectivity index (χ1v) is 7.28. The molecule has 0 aliphatic heterocycles. The molecule has 0 aliphatic carbocycles. The summed E-state index contributed by atoms with van der Waals surface area (Å²) in [4.78, 5) is 16.4. The fourth-order valence-corrected chi connectivity index (χ4v) is 2.03. The van der Waals surface area contributed by atoms with Gasteiger partial charge in [0, 0.05) is 5.56 Å². The summed E-state index contributed by atoms with van der Waals surface area (Å²) in [7, 11) is 1.60. The number of benzene rings is 1. The van der Waals surface area contributed by atoms with Gasteiger partial charge in [0.05, 0.1) is 25.5 Å². The Balaban J connectivity index is 1.97. The van der Waals surface area contributed by atoms with Crippen LogP contribution < -0.4 is 10.1 Å². The van der Waals surface area contributed by atoms with E-state index in [1.807, 2.05) is 36.4 Å². The summed E-state index contributed by atoms with van der Waals surface area (Å²) >= 11 is 0. The third-order valence-corrected chi connectivity index (χ3v) is 3.48. The highest BCUT2D eigenvalue weighted by atomic mass is 16.5. The number of ether oxygens (including phenoxy) is 1. The van der Waals surface area contributed by atoms with Crippen molar-refractivity contribution in [1.29, 1.82) is 0 Å². The van der Waals surface area contributed by atoms with E-state index in [1.165, 1.54) is 5.56 Å². The predicted octanol–water partition coefficient (Wildman–Crippen LogP) is 3.32. The summed E-state index contributed by atoms with van der Waals surface area (Å²) < 4.78 is 5.05. The average molecular weight is 298 g/mol. The van der Waals surface area contributed by atoms with Gasteiger partial charge < -0.3 is 10.1 Å². The number of carbonyl (C=O) groups is 1. The Morgan fingerprint density at radius 2 is 1.82 bits per heavy atom. The second-order valence-corrected chi connectivity index (χ2v) is 6.20. The van der Waals surface area contributed by atoms with Crippen molar-refractivity contribution in [3.05, 3.63) is 59.4 Å². The zero-order valence-corrected chi connectivity index (χ0v) is 13.5. The van der Waals surface area contributed by atoms with E-state index >= 15 is 0 Å². The van der Waals surface area contributed by atoms with E-state index in [9.17, 15) is 4.79 Å². The maximum atomic E-state index is 12.1. The second kappa shape index (κ2) is 6.60. The van der Waals surface area contributed by atoms with E-state index in [0.717, 1.165) is 5.69 Å². The lowest BCUT2D eigenvalue weighted by Gasteiger charge is -2.19. The number of nitrogens with zero attached hydrogens (tertiary/aromatic N) is 1. The van der Waals surface area contributed by atoms with E-state index < -0.39 is 0 Å². The predicted molar refractivity (Wildman–Crippen MR) is 87.1 cm³/mol. The molecule has 4 nitrogen and oxygen atoms in total. The number of amides is 1. The molecule has 0 atom stereocenters. The lowest BCUT2D eigenvalue weighted by molar-refractivity contribution is 0.0950. The van der Waals surface area contributed by atoms with Crippen LogP contribution in [0.3, 0.4) is 0 Å². The smallest absolute Gasteiger partial charge is 0.251 e. The molecule has 1 amide bonds. The van der Waals surface area contributed by atoms with Crippen molar-refractivity contribution >= 4 is 5.91 Å². The highest BCUT2D eigenvalue weighted by Crippen LogP contribution is 2.22. The minimum absolute atomic E-state index is 0.0853. The highest BCUT2D eigenvalue weighted by Gasteiger charge is 2.14. The monoisotopic (exact) mass is 298 g/mol. The van der Waals surface area contributed by atoms with Crippen LogP contribution in [0, 0.1) is 0 Å². The maximum Gasteiger partial charge on any atom is 0.251 e. The van der Waals surface area contributed by atoms with Crippen LogP contribution >= 0.6 is 0 Å². The quantitative estimate of drug-likeness (QED) is 0.942. The fourth-order valence-electron chi connectivity index (χ4n) is 2.03. The number of methoxy groups -OCH3 is 1. The number of aromatic nitrogens is 1. The van der Waals surface area contributed by atoms with Crippen molar-refractivity contribution in [3.63, 3.8) is 0 Å². The molecule has 116 valence electrons. The standard InChI is InChI=1S/C18H22N2O2/c1-18(2,3)14-7-5-13(6-8-14)17(21)20-11-15-9-10-16(22-4)12-19-15/h5-10,12H,11H2,1-4H3,(H,20,21). The van der Waals surface area contributed by atoms with Crippen LogP contribution in [0.25, 0.3) is 0 Å². The van der Waals surface area contributed by atoms with Gasteiger partial charge in [-0.2, -0.15) is 0 Å². The zero-order valence-electron chi connectivity index (χ0n) is 13.5. The summed E-state index contributed by atoms with van der Waals surface area (Å²) in [6.07, 6.45) is 1.64. The van der Waals surface area contributed by atoms with E-state index in [-0.39, 0.29) is 11.3 Å². The summed E-state index contributed by atoms with van der Waals surface area (Å²) in [5.41, 5.74) is 2.74. The van der Waals surface area contributed by atoms with Crippen LogP contribution in [0.4, 0.5) is 0 Å². The number of pyridine rings is 1. The first-order chi connectivity index (χ1) is 10.4. The largest absolute Gasteiger partial charge is 0.495 e. The van der Waals surface area contributed by atoms with Gasteiger partial charge in [-0.15, -0.1) is 0 Å². The first kappa shape index (κ1) is 16.0. The maximum absolute atomic E-state index is 12.1. The molecule has 1 heterocycles. The normalized spacial score (nSPS) is 11.1. The summed E-state index contributed by atoms with van der Waals surface area (Å²) in [5, 5.41) is 2.87. The molecule has 0 saturated carbocycles. The lowest BCUT2D eigenvalue weighted by atomic mass is 9.87. The van der Waals surface area contributed by atoms with Crippen molar-refractivity contribution in [2.24, 2.45) is 0 Å². The Labute approximate surface area is 131 Å². The molecule has 0 saturated heterocycles. The Kier molecular flexibility index (Phi) is 4.81. The third-order valence-electron chi connectivity index (χ3n) is 3.48. The van der Waals surface area contributed by atoms with Gasteiger partial charge in [-0.05, 0) is 35.2 Å². The molecule has 0 unspecified atom stereocenters. The van der Waals surface area contributed by atoms with Crippen molar-refractivity contribution in [2.75, 3.05) is 7.11 Å². The molecule has 0 bridgehead atoms. The van der Waals surface area contributed by atoms with Crippen LogP contribution in [0.5, 0.6) is 5.75 Å². The van der Waals surface area contributed by atoms with Gasteiger partial charge in [-0.1, -0.05) is 32.9 Å².